The molecule has 0 N–H and O–H groups in total. The zero-order valence-corrected chi connectivity index (χ0v) is 10.9. The molecule has 96 valence electrons. The lowest BCUT2D eigenvalue weighted by Crippen LogP contribution is -2.34. The van der Waals surface area contributed by atoms with Gasteiger partial charge in [-0.3, -0.25) is 4.90 Å². The van der Waals surface area contributed by atoms with Gasteiger partial charge in [-0.2, -0.15) is 5.26 Å². The van der Waals surface area contributed by atoms with E-state index in [-0.39, 0.29) is 12.1 Å². The number of hydrogen-bond acceptors (Lipinski definition) is 3. The van der Waals surface area contributed by atoms with Crippen LogP contribution in [-0.4, -0.2) is 30.7 Å². The minimum atomic E-state index is 0.195. The smallest absolute Gasteiger partial charge is 0.0674 e. The van der Waals surface area contributed by atoms with Crippen molar-refractivity contribution in [3.8, 4) is 6.07 Å². The number of benzene rings is 1. The molecule has 1 aromatic carbocycles. The van der Waals surface area contributed by atoms with E-state index in [1.807, 2.05) is 18.2 Å². The normalized spacial score (nSPS) is 23.0. The highest BCUT2D eigenvalue weighted by Gasteiger charge is 2.23. The molecule has 2 atom stereocenters. The summed E-state index contributed by atoms with van der Waals surface area (Å²) in [6.45, 7) is 4.84. The van der Waals surface area contributed by atoms with Crippen molar-refractivity contribution >= 4 is 0 Å². The number of rotatable bonds is 3. The van der Waals surface area contributed by atoms with Gasteiger partial charge in [-0.05, 0) is 18.9 Å². The summed E-state index contributed by atoms with van der Waals surface area (Å²) in [6, 6.07) is 12.8. The molecule has 0 bridgehead atoms. The Hall–Kier alpha value is -1.37. The van der Waals surface area contributed by atoms with Crippen LogP contribution in [0.15, 0.2) is 30.3 Å². The fraction of sp³-hybridized carbons (Fsp3) is 0.533. The van der Waals surface area contributed by atoms with Crippen molar-refractivity contribution in [3.05, 3.63) is 35.9 Å². The molecule has 1 heterocycles. The van der Waals surface area contributed by atoms with Gasteiger partial charge < -0.3 is 4.74 Å². The maximum absolute atomic E-state index is 9.06. The Morgan fingerprint density at radius 2 is 2.22 bits per heavy atom. The molecule has 1 aliphatic rings. The number of ether oxygens (including phenoxy) is 1. The molecule has 0 aliphatic carbocycles. The molecule has 1 fully saturated rings. The Balaban J connectivity index is 2.16. The first kappa shape index (κ1) is 13.1. The largest absolute Gasteiger partial charge is 0.377 e. The van der Waals surface area contributed by atoms with E-state index >= 15 is 0 Å². The molecule has 2 rings (SSSR count). The summed E-state index contributed by atoms with van der Waals surface area (Å²) >= 11 is 0. The van der Waals surface area contributed by atoms with Gasteiger partial charge in [0.15, 0.2) is 0 Å². The fourth-order valence-corrected chi connectivity index (χ4v) is 2.53. The molecule has 1 aromatic rings. The van der Waals surface area contributed by atoms with Crippen molar-refractivity contribution in [2.75, 3.05) is 19.7 Å². The number of nitriles is 1. The third-order valence-electron chi connectivity index (χ3n) is 3.39. The van der Waals surface area contributed by atoms with E-state index < -0.39 is 0 Å². The molecular weight excluding hydrogens is 224 g/mol. The summed E-state index contributed by atoms with van der Waals surface area (Å²) in [7, 11) is 0. The molecule has 0 saturated carbocycles. The van der Waals surface area contributed by atoms with Gasteiger partial charge in [0.25, 0.3) is 0 Å². The lowest BCUT2D eigenvalue weighted by Gasteiger charge is -2.30. The SMILES string of the molecule is CC1CN(C(CC#N)c2ccccc2)CCCO1. The van der Waals surface area contributed by atoms with E-state index in [0.717, 1.165) is 26.1 Å². The summed E-state index contributed by atoms with van der Waals surface area (Å²) < 4.78 is 5.67. The quantitative estimate of drug-likeness (QED) is 0.820. The minimum Gasteiger partial charge on any atom is -0.377 e. The second-order valence-corrected chi connectivity index (χ2v) is 4.82. The molecule has 2 unspecified atom stereocenters. The van der Waals surface area contributed by atoms with Crippen LogP contribution in [0.3, 0.4) is 0 Å². The first-order chi connectivity index (χ1) is 8.81. The second-order valence-electron chi connectivity index (χ2n) is 4.82. The number of nitrogens with zero attached hydrogens (tertiary/aromatic N) is 2. The molecule has 1 aliphatic heterocycles. The lowest BCUT2D eigenvalue weighted by atomic mass is 10.0. The van der Waals surface area contributed by atoms with Crippen molar-refractivity contribution in [2.45, 2.75) is 31.9 Å². The monoisotopic (exact) mass is 244 g/mol. The average molecular weight is 244 g/mol. The first-order valence-corrected chi connectivity index (χ1v) is 6.59. The Kier molecular flexibility index (Phi) is 4.74. The Morgan fingerprint density at radius 1 is 1.44 bits per heavy atom. The summed E-state index contributed by atoms with van der Waals surface area (Å²) in [6.07, 6.45) is 1.83. The molecule has 18 heavy (non-hydrogen) atoms. The number of hydrogen-bond donors (Lipinski definition) is 0. The first-order valence-electron chi connectivity index (χ1n) is 6.59. The average Bonchev–Trinajstić information content (AvgIpc) is 2.61. The van der Waals surface area contributed by atoms with E-state index in [2.05, 4.69) is 30.0 Å². The molecule has 0 spiro atoms. The predicted molar refractivity (Wildman–Crippen MR) is 71.0 cm³/mol. The van der Waals surface area contributed by atoms with Gasteiger partial charge in [-0.25, -0.2) is 0 Å². The van der Waals surface area contributed by atoms with Crippen molar-refractivity contribution in [1.82, 2.24) is 4.90 Å². The van der Waals surface area contributed by atoms with Crippen LogP contribution in [-0.2, 0) is 4.74 Å². The third kappa shape index (κ3) is 3.32. The van der Waals surface area contributed by atoms with E-state index in [1.165, 1.54) is 5.56 Å². The summed E-state index contributed by atoms with van der Waals surface area (Å²) in [5.41, 5.74) is 1.23. The summed E-state index contributed by atoms with van der Waals surface area (Å²) in [4.78, 5) is 2.39. The van der Waals surface area contributed by atoms with Gasteiger partial charge in [0.1, 0.15) is 0 Å². The van der Waals surface area contributed by atoms with Crippen LogP contribution in [0.4, 0.5) is 0 Å². The van der Waals surface area contributed by atoms with Crippen LogP contribution in [0.5, 0.6) is 0 Å². The Morgan fingerprint density at radius 3 is 2.94 bits per heavy atom. The molecule has 0 radical (unpaired) electrons. The van der Waals surface area contributed by atoms with Crippen LogP contribution < -0.4 is 0 Å². The second kappa shape index (κ2) is 6.53. The van der Waals surface area contributed by atoms with Crippen LogP contribution in [0.2, 0.25) is 0 Å². The van der Waals surface area contributed by atoms with Crippen LogP contribution in [0, 0.1) is 11.3 Å². The predicted octanol–water partition coefficient (Wildman–Crippen LogP) is 2.75. The van der Waals surface area contributed by atoms with Crippen LogP contribution in [0.1, 0.15) is 31.4 Å². The molecular formula is C15H20N2O. The maximum Gasteiger partial charge on any atom is 0.0674 e. The standard InChI is InChI=1S/C15H20N2O/c1-13-12-17(10-5-11-18-13)15(8-9-16)14-6-3-2-4-7-14/h2-4,6-7,13,15H,5,8,10-12H2,1H3. The van der Waals surface area contributed by atoms with E-state index in [9.17, 15) is 0 Å². The molecule has 0 aromatic heterocycles. The molecule has 0 amide bonds. The third-order valence-corrected chi connectivity index (χ3v) is 3.39. The highest BCUT2D eigenvalue weighted by Crippen LogP contribution is 2.25. The van der Waals surface area contributed by atoms with Gasteiger partial charge in [-0.15, -0.1) is 0 Å². The lowest BCUT2D eigenvalue weighted by molar-refractivity contribution is 0.0608. The topological polar surface area (TPSA) is 36.3 Å². The minimum absolute atomic E-state index is 0.195. The van der Waals surface area contributed by atoms with Crippen molar-refractivity contribution in [3.63, 3.8) is 0 Å². The van der Waals surface area contributed by atoms with E-state index in [0.29, 0.717) is 6.42 Å². The molecule has 1 saturated heterocycles. The van der Waals surface area contributed by atoms with Crippen molar-refractivity contribution in [2.24, 2.45) is 0 Å². The Labute approximate surface area is 109 Å². The highest BCUT2D eigenvalue weighted by atomic mass is 16.5. The van der Waals surface area contributed by atoms with E-state index in [4.69, 9.17) is 10.00 Å². The molecule has 3 nitrogen and oxygen atoms in total. The van der Waals surface area contributed by atoms with Crippen LogP contribution in [0.25, 0.3) is 0 Å². The van der Waals surface area contributed by atoms with Crippen molar-refractivity contribution < 1.29 is 4.74 Å². The molecule has 3 heteroatoms. The van der Waals surface area contributed by atoms with Gasteiger partial charge in [0.2, 0.25) is 0 Å². The maximum atomic E-state index is 9.06. The highest BCUT2D eigenvalue weighted by molar-refractivity contribution is 5.20. The van der Waals surface area contributed by atoms with Gasteiger partial charge in [0, 0.05) is 25.7 Å². The van der Waals surface area contributed by atoms with Crippen LogP contribution >= 0.6 is 0 Å². The summed E-state index contributed by atoms with van der Waals surface area (Å²) in [5.74, 6) is 0. The zero-order chi connectivity index (χ0) is 12.8. The van der Waals surface area contributed by atoms with E-state index in [1.54, 1.807) is 0 Å². The van der Waals surface area contributed by atoms with Crippen molar-refractivity contribution in [1.29, 1.82) is 5.26 Å². The fourth-order valence-electron chi connectivity index (χ4n) is 2.53. The zero-order valence-electron chi connectivity index (χ0n) is 10.9. The summed E-state index contributed by atoms with van der Waals surface area (Å²) in [5, 5.41) is 9.06. The Bertz CT molecular complexity index is 399. The van der Waals surface area contributed by atoms with Gasteiger partial charge in [-0.1, -0.05) is 30.3 Å². The van der Waals surface area contributed by atoms with Gasteiger partial charge in [0.05, 0.1) is 18.6 Å². The van der Waals surface area contributed by atoms with Gasteiger partial charge >= 0.3 is 0 Å².